The number of ether oxygens (including phenoxy) is 1. The molecule has 43 heavy (non-hydrogen) atoms. The molecule has 0 spiro atoms. The molecule has 3 aliphatic carbocycles. The van der Waals surface area contributed by atoms with Crippen LogP contribution >= 0.6 is 0 Å². The monoisotopic (exact) mass is 585 g/mol. The number of hydrogen-bond donors (Lipinski definition) is 1. The quantitative estimate of drug-likeness (QED) is 0.262. The summed E-state index contributed by atoms with van der Waals surface area (Å²) in [5.41, 5.74) is 4.73. The lowest BCUT2D eigenvalue weighted by molar-refractivity contribution is -0.138. The van der Waals surface area contributed by atoms with Crippen LogP contribution in [0.5, 0.6) is 5.75 Å². The van der Waals surface area contributed by atoms with Crippen LogP contribution in [0.25, 0.3) is 11.3 Å². The Labute approximate surface area is 253 Å². The number of methoxy groups -OCH3 is 1. The van der Waals surface area contributed by atoms with E-state index in [0.717, 1.165) is 104 Å². The number of pyridine rings is 1. The summed E-state index contributed by atoms with van der Waals surface area (Å²) in [5, 5.41) is 9.25. The van der Waals surface area contributed by atoms with Gasteiger partial charge in [0, 0.05) is 47.7 Å². The van der Waals surface area contributed by atoms with E-state index in [1.54, 1.807) is 13.4 Å². The zero-order chi connectivity index (χ0) is 29.9. The molecule has 2 aromatic heterocycles. The van der Waals surface area contributed by atoms with Crippen LogP contribution in [0.4, 0.5) is 5.69 Å². The van der Waals surface area contributed by atoms with Gasteiger partial charge in [-0.25, -0.2) is 4.98 Å². The Morgan fingerprint density at radius 2 is 1.65 bits per heavy atom. The molecular weight excluding hydrogens is 542 g/mol. The second-order valence-corrected chi connectivity index (χ2v) is 12.9. The van der Waals surface area contributed by atoms with E-state index in [1.807, 2.05) is 36.1 Å². The van der Waals surface area contributed by atoms with Crippen molar-refractivity contribution in [3.63, 3.8) is 0 Å². The van der Waals surface area contributed by atoms with Crippen LogP contribution in [-0.2, 0) is 9.59 Å². The second kappa shape index (κ2) is 12.9. The predicted molar refractivity (Wildman–Crippen MR) is 164 cm³/mol. The number of aromatic nitrogens is 2. The van der Waals surface area contributed by atoms with Gasteiger partial charge in [0.25, 0.3) is 0 Å². The summed E-state index contributed by atoms with van der Waals surface area (Å²) >= 11 is 0. The second-order valence-electron chi connectivity index (χ2n) is 12.9. The highest BCUT2D eigenvalue weighted by Crippen LogP contribution is 2.41. The van der Waals surface area contributed by atoms with Crippen LogP contribution in [-0.4, -0.2) is 40.6 Å². The molecule has 1 N–H and O–H groups in total. The Morgan fingerprint density at radius 1 is 0.930 bits per heavy atom. The Bertz CT molecular complexity index is 1430. The molecule has 6 rings (SSSR count). The lowest BCUT2D eigenvalue weighted by Crippen LogP contribution is -2.41. The van der Waals surface area contributed by atoms with Crippen molar-refractivity contribution in [1.29, 1.82) is 0 Å². The SMILES string of the molecule is COc1ccc(C2CCC(CN(C(=O)C3CCC(CC(=O)O)CC3)c3cccc(-c4coc(C5CC5)n4)c3)CC2)nc1C. The number of carboxylic acids is 1. The van der Waals surface area contributed by atoms with E-state index in [0.29, 0.717) is 24.3 Å². The highest BCUT2D eigenvalue weighted by atomic mass is 16.5. The molecule has 0 aliphatic heterocycles. The van der Waals surface area contributed by atoms with Crippen LogP contribution < -0.4 is 9.64 Å². The smallest absolute Gasteiger partial charge is 0.303 e. The van der Waals surface area contributed by atoms with Crippen molar-refractivity contribution in [3.8, 4) is 17.0 Å². The Morgan fingerprint density at radius 3 is 2.33 bits per heavy atom. The van der Waals surface area contributed by atoms with Gasteiger partial charge in [0.05, 0.1) is 12.8 Å². The molecule has 1 aromatic carbocycles. The normalized spacial score (nSPS) is 24.0. The van der Waals surface area contributed by atoms with Gasteiger partial charge in [-0.1, -0.05) is 12.1 Å². The third kappa shape index (κ3) is 6.94. The molecule has 8 nitrogen and oxygen atoms in total. The van der Waals surface area contributed by atoms with Gasteiger partial charge in [-0.3, -0.25) is 14.6 Å². The van der Waals surface area contributed by atoms with Crippen molar-refractivity contribution in [2.24, 2.45) is 17.8 Å². The number of rotatable bonds is 10. The zero-order valence-electron chi connectivity index (χ0n) is 25.3. The van der Waals surface area contributed by atoms with Gasteiger partial charge in [-0.2, -0.15) is 0 Å². The number of benzene rings is 1. The number of aryl methyl sites for hydroxylation is 1. The fraction of sp³-hybridized carbons (Fsp3) is 0.543. The van der Waals surface area contributed by atoms with Crippen molar-refractivity contribution in [1.82, 2.24) is 9.97 Å². The minimum absolute atomic E-state index is 0.0787. The third-order valence-corrected chi connectivity index (χ3v) is 9.81. The predicted octanol–water partition coefficient (Wildman–Crippen LogP) is 7.52. The number of aliphatic carboxylic acids is 1. The minimum atomic E-state index is -0.749. The fourth-order valence-electron chi connectivity index (χ4n) is 7.08. The molecule has 1 amide bonds. The Kier molecular flexibility index (Phi) is 8.82. The highest BCUT2D eigenvalue weighted by molar-refractivity contribution is 5.95. The standard InChI is InChI=1S/C35H43N3O5/c1-22-32(42-2)17-16-30(36-22)25-10-8-24(9-11-25)20-38(35(41)27-12-6-23(7-13-27)18-33(39)40)29-5-3-4-28(19-29)31-21-43-34(37-31)26-14-15-26/h3-5,16-17,19,21,23-27H,6-15,18,20H2,1-2H3,(H,39,40). The molecule has 0 radical (unpaired) electrons. The summed E-state index contributed by atoms with van der Waals surface area (Å²) in [6, 6.07) is 12.3. The van der Waals surface area contributed by atoms with Gasteiger partial charge in [-0.15, -0.1) is 0 Å². The number of amides is 1. The molecule has 3 saturated carbocycles. The first-order valence-corrected chi connectivity index (χ1v) is 16.0. The van der Waals surface area contributed by atoms with E-state index >= 15 is 0 Å². The highest BCUT2D eigenvalue weighted by Gasteiger charge is 2.34. The summed E-state index contributed by atoms with van der Waals surface area (Å²) in [7, 11) is 1.68. The maximum absolute atomic E-state index is 14.2. The number of carbonyl (C=O) groups excluding carboxylic acids is 1. The third-order valence-electron chi connectivity index (χ3n) is 9.81. The molecule has 3 aliphatic rings. The van der Waals surface area contributed by atoms with Crippen molar-refractivity contribution in [2.45, 2.75) is 89.4 Å². The number of carbonyl (C=O) groups is 2. The van der Waals surface area contributed by atoms with E-state index in [1.165, 1.54) is 0 Å². The van der Waals surface area contributed by atoms with Gasteiger partial charge < -0.3 is 19.2 Å². The molecular formula is C35H43N3O5. The average molecular weight is 586 g/mol. The van der Waals surface area contributed by atoms with Crippen LogP contribution in [0, 0.1) is 24.7 Å². The number of carboxylic acid groups (broad SMARTS) is 1. The number of nitrogens with zero attached hydrogens (tertiary/aromatic N) is 3. The summed E-state index contributed by atoms with van der Waals surface area (Å²) < 4.78 is 11.2. The van der Waals surface area contributed by atoms with Gasteiger partial charge in [0.1, 0.15) is 17.7 Å². The molecule has 228 valence electrons. The zero-order valence-corrected chi connectivity index (χ0v) is 25.3. The maximum Gasteiger partial charge on any atom is 0.303 e. The van der Waals surface area contributed by atoms with Gasteiger partial charge in [0.2, 0.25) is 5.91 Å². The first kappa shape index (κ1) is 29.4. The lowest BCUT2D eigenvalue weighted by Gasteiger charge is -2.36. The Hall–Kier alpha value is -3.68. The molecule has 0 bridgehead atoms. The fourth-order valence-corrected chi connectivity index (χ4v) is 7.08. The molecule has 8 heteroatoms. The minimum Gasteiger partial charge on any atom is -0.495 e. The van der Waals surface area contributed by atoms with E-state index in [4.69, 9.17) is 19.1 Å². The molecule has 2 heterocycles. The van der Waals surface area contributed by atoms with Gasteiger partial charge in [0.15, 0.2) is 5.89 Å². The molecule has 0 atom stereocenters. The molecule has 3 fully saturated rings. The summed E-state index contributed by atoms with van der Waals surface area (Å²) in [6.07, 6.45) is 11.5. The maximum atomic E-state index is 14.2. The summed E-state index contributed by atoms with van der Waals surface area (Å²) in [4.78, 5) is 37.0. The van der Waals surface area contributed by atoms with Crippen molar-refractivity contribution >= 4 is 17.6 Å². The van der Waals surface area contributed by atoms with Crippen LogP contribution in [0.3, 0.4) is 0 Å². The van der Waals surface area contributed by atoms with Crippen molar-refractivity contribution < 1.29 is 23.8 Å². The van der Waals surface area contributed by atoms with Crippen LogP contribution in [0.15, 0.2) is 47.1 Å². The largest absolute Gasteiger partial charge is 0.495 e. The summed E-state index contributed by atoms with van der Waals surface area (Å²) in [6.45, 7) is 2.68. The molecule has 0 saturated heterocycles. The van der Waals surface area contributed by atoms with Crippen LogP contribution in [0.1, 0.15) is 99.7 Å². The first-order chi connectivity index (χ1) is 20.9. The van der Waals surface area contributed by atoms with Crippen molar-refractivity contribution in [2.75, 3.05) is 18.6 Å². The summed E-state index contributed by atoms with van der Waals surface area (Å²) in [5.74, 6) is 2.40. The number of oxazole rings is 1. The van der Waals surface area contributed by atoms with E-state index in [-0.39, 0.29) is 24.2 Å². The number of anilines is 1. The topological polar surface area (TPSA) is 106 Å². The molecule has 0 unspecified atom stereocenters. The molecule has 3 aromatic rings. The number of hydrogen-bond acceptors (Lipinski definition) is 6. The van der Waals surface area contributed by atoms with Gasteiger partial charge >= 0.3 is 5.97 Å². The first-order valence-electron chi connectivity index (χ1n) is 16.0. The van der Waals surface area contributed by atoms with E-state index < -0.39 is 5.97 Å². The average Bonchev–Trinajstić information content (AvgIpc) is 3.76. The Balaban J connectivity index is 1.18. The lowest BCUT2D eigenvalue weighted by atomic mass is 9.78. The van der Waals surface area contributed by atoms with E-state index in [9.17, 15) is 14.7 Å². The van der Waals surface area contributed by atoms with Crippen LogP contribution in [0.2, 0.25) is 0 Å². The van der Waals surface area contributed by atoms with E-state index in [2.05, 4.69) is 12.1 Å². The van der Waals surface area contributed by atoms with Gasteiger partial charge in [-0.05, 0) is 107 Å². The van der Waals surface area contributed by atoms with Crippen molar-refractivity contribution in [3.05, 3.63) is 59.9 Å².